The van der Waals surface area contributed by atoms with Crippen LogP contribution in [0.4, 0.5) is 14.5 Å². The van der Waals surface area contributed by atoms with Gasteiger partial charge in [0.1, 0.15) is 11.6 Å². The van der Waals surface area contributed by atoms with Crippen molar-refractivity contribution in [3.8, 4) is 22.3 Å². The smallest absolute Gasteiger partial charge is 0.136 e. The van der Waals surface area contributed by atoms with Crippen LogP contribution in [-0.2, 0) is 6.42 Å². The maximum atomic E-state index is 14.6. The summed E-state index contributed by atoms with van der Waals surface area (Å²) in [5, 5.41) is 2.29. The van der Waals surface area contributed by atoms with Crippen molar-refractivity contribution in [1.82, 2.24) is 0 Å². The molecule has 3 rings (SSSR count). The van der Waals surface area contributed by atoms with Gasteiger partial charge in [0.2, 0.25) is 0 Å². The highest BCUT2D eigenvalue weighted by atomic mass is 32.1. The van der Waals surface area contributed by atoms with Crippen molar-refractivity contribution in [2.75, 3.05) is 0 Å². The number of nitrogens with zero attached hydrogens (tertiary/aromatic N) is 1. The Bertz CT molecular complexity index is 1060. The van der Waals surface area contributed by atoms with E-state index in [4.69, 9.17) is 0 Å². The summed E-state index contributed by atoms with van der Waals surface area (Å²) in [6.07, 6.45) is 3.09. The molecule has 0 N–H and O–H groups in total. The Morgan fingerprint density at radius 1 is 0.964 bits per heavy atom. The Kier molecular flexibility index (Phi) is 6.84. The molecule has 0 unspecified atom stereocenters. The molecule has 1 aromatic heterocycles. The van der Waals surface area contributed by atoms with Crippen LogP contribution in [0, 0.1) is 23.5 Å². The van der Waals surface area contributed by atoms with Crippen molar-refractivity contribution >= 4 is 34.4 Å². The zero-order valence-electron chi connectivity index (χ0n) is 15.3. The standard InChI is InChI=1S/C23H17F2NS2/c1-2-3-4-19-11-12-22(28-19)23-20(24)13-17(14-21(23)25)6-5-16-7-9-18(10-8-16)26-15-27/h7-14H,2-4H2,1H3. The molecule has 0 aliphatic rings. The van der Waals surface area contributed by atoms with Crippen LogP contribution in [-0.4, -0.2) is 5.16 Å². The van der Waals surface area contributed by atoms with Crippen LogP contribution in [0.3, 0.4) is 0 Å². The number of thiocarbonyl (C=S) groups is 1. The summed E-state index contributed by atoms with van der Waals surface area (Å²) < 4.78 is 29.2. The normalized spacial score (nSPS) is 10.1. The number of benzene rings is 2. The van der Waals surface area contributed by atoms with Crippen molar-refractivity contribution < 1.29 is 8.78 Å². The lowest BCUT2D eigenvalue weighted by atomic mass is 10.1. The van der Waals surface area contributed by atoms with E-state index in [0.29, 0.717) is 21.7 Å². The van der Waals surface area contributed by atoms with E-state index in [1.165, 1.54) is 23.5 Å². The molecule has 0 atom stereocenters. The van der Waals surface area contributed by atoms with E-state index in [0.717, 1.165) is 24.1 Å². The van der Waals surface area contributed by atoms with Crippen molar-refractivity contribution in [2.45, 2.75) is 26.2 Å². The molecule has 2 aromatic carbocycles. The fourth-order valence-corrected chi connectivity index (χ4v) is 3.90. The number of halogens is 2. The van der Waals surface area contributed by atoms with Gasteiger partial charge in [-0.1, -0.05) is 25.2 Å². The van der Waals surface area contributed by atoms with Crippen LogP contribution >= 0.6 is 23.6 Å². The minimum absolute atomic E-state index is 0.0145. The molecule has 0 fully saturated rings. The third-order valence-electron chi connectivity index (χ3n) is 4.12. The molecule has 0 aliphatic carbocycles. The summed E-state index contributed by atoms with van der Waals surface area (Å²) in [5.41, 5.74) is 1.70. The van der Waals surface area contributed by atoms with Gasteiger partial charge in [0.05, 0.1) is 16.4 Å². The number of isothiocyanates is 1. The van der Waals surface area contributed by atoms with E-state index in [1.807, 2.05) is 6.07 Å². The lowest BCUT2D eigenvalue weighted by molar-refractivity contribution is 0.589. The van der Waals surface area contributed by atoms with Crippen LogP contribution in [0.1, 0.15) is 35.8 Å². The average molecular weight is 410 g/mol. The van der Waals surface area contributed by atoms with Crippen molar-refractivity contribution in [3.63, 3.8) is 0 Å². The minimum atomic E-state index is -0.598. The third kappa shape index (κ3) is 4.99. The number of hydrogen-bond acceptors (Lipinski definition) is 3. The molecule has 0 spiro atoms. The molecule has 3 aromatic rings. The SMILES string of the molecule is CCCCc1ccc(-c2c(F)cc(C#Cc3ccc(N=C=S)cc3)cc2F)s1. The summed E-state index contributed by atoms with van der Waals surface area (Å²) in [5.74, 6) is 4.52. The fourth-order valence-electron chi connectivity index (χ4n) is 2.69. The molecular weight excluding hydrogens is 392 g/mol. The quantitative estimate of drug-likeness (QED) is 0.247. The lowest BCUT2D eigenvalue weighted by Gasteiger charge is -2.03. The van der Waals surface area contributed by atoms with Gasteiger partial charge in [0.15, 0.2) is 0 Å². The first-order valence-corrected chi connectivity index (χ1v) is 10.1. The number of rotatable bonds is 5. The Balaban J connectivity index is 1.84. The molecule has 5 heteroatoms. The fraction of sp³-hybridized carbons (Fsp3) is 0.174. The van der Waals surface area contributed by atoms with E-state index >= 15 is 0 Å². The molecule has 0 aliphatic heterocycles. The second-order valence-electron chi connectivity index (χ2n) is 6.18. The monoisotopic (exact) mass is 409 g/mol. The van der Waals surface area contributed by atoms with E-state index in [2.05, 4.69) is 41.1 Å². The van der Waals surface area contributed by atoms with Crippen LogP contribution < -0.4 is 0 Å². The van der Waals surface area contributed by atoms with Gasteiger partial charge in [-0.05, 0) is 73.6 Å². The molecule has 28 heavy (non-hydrogen) atoms. The summed E-state index contributed by atoms with van der Waals surface area (Å²) in [7, 11) is 0. The predicted octanol–water partition coefficient (Wildman–Crippen LogP) is 7.17. The van der Waals surface area contributed by atoms with Crippen LogP contribution in [0.15, 0.2) is 53.5 Å². The molecule has 0 saturated carbocycles. The van der Waals surface area contributed by atoms with Gasteiger partial charge in [0.25, 0.3) is 0 Å². The lowest BCUT2D eigenvalue weighted by Crippen LogP contribution is -1.90. The highest BCUT2D eigenvalue weighted by molar-refractivity contribution is 7.78. The van der Waals surface area contributed by atoms with Crippen molar-refractivity contribution in [3.05, 3.63) is 76.2 Å². The van der Waals surface area contributed by atoms with Gasteiger partial charge >= 0.3 is 0 Å². The van der Waals surface area contributed by atoms with Gasteiger partial charge in [0, 0.05) is 20.9 Å². The minimum Gasteiger partial charge on any atom is -0.206 e. The maximum absolute atomic E-state index is 14.6. The first-order chi connectivity index (χ1) is 13.6. The Morgan fingerprint density at radius 3 is 2.29 bits per heavy atom. The van der Waals surface area contributed by atoms with Crippen LogP contribution in [0.2, 0.25) is 0 Å². The third-order valence-corrected chi connectivity index (χ3v) is 5.37. The van der Waals surface area contributed by atoms with Gasteiger partial charge < -0.3 is 0 Å². The molecular formula is C23H17F2NS2. The van der Waals surface area contributed by atoms with E-state index < -0.39 is 11.6 Å². The van der Waals surface area contributed by atoms with Crippen LogP contribution in [0.25, 0.3) is 10.4 Å². The van der Waals surface area contributed by atoms with Crippen molar-refractivity contribution in [2.24, 2.45) is 4.99 Å². The zero-order chi connectivity index (χ0) is 19.9. The molecule has 0 saturated heterocycles. The molecule has 0 amide bonds. The number of unbranched alkanes of at least 4 members (excludes halogenated alkanes) is 1. The second kappa shape index (κ2) is 9.52. The largest absolute Gasteiger partial charge is 0.206 e. The molecule has 1 nitrogen and oxygen atoms in total. The summed E-state index contributed by atoms with van der Waals surface area (Å²) in [6.45, 7) is 2.12. The Morgan fingerprint density at radius 2 is 1.64 bits per heavy atom. The Hall–Kier alpha value is -2.64. The van der Waals surface area contributed by atoms with Gasteiger partial charge in [-0.3, -0.25) is 0 Å². The number of thiophene rings is 1. The van der Waals surface area contributed by atoms with E-state index in [-0.39, 0.29) is 5.56 Å². The van der Waals surface area contributed by atoms with Gasteiger partial charge in [-0.2, -0.15) is 4.99 Å². The molecule has 1 heterocycles. The summed E-state index contributed by atoms with van der Waals surface area (Å²) >= 11 is 6.00. The second-order valence-corrected chi connectivity index (χ2v) is 7.54. The number of hydrogen-bond donors (Lipinski definition) is 0. The van der Waals surface area contributed by atoms with Gasteiger partial charge in [-0.25, -0.2) is 8.78 Å². The summed E-state index contributed by atoms with van der Waals surface area (Å²) in [6, 6.07) is 13.3. The first kappa shape index (κ1) is 20.1. The molecule has 140 valence electrons. The Labute approximate surface area is 172 Å². The molecule has 0 bridgehead atoms. The van der Waals surface area contributed by atoms with Gasteiger partial charge in [-0.15, -0.1) is 11.3 Å². The number of aryl methyl sites for hydroxylation is 1. The van der Waals surface area contributed by atoms with E-state index in [1.54, 1.807) is 30.3 Å². The number of aliphatic imine (C=N–C) groups is 1. The van der Waals surface area contributed by atoms with E-state index in [9.17, 15) is 8.78 Å². The highest BCUT2D eigenvalue weighted by Crippen LogP contribution is 2.33. The molecule has 0 radical (unpaired) electrons. The zero-order valence-corrected chi connectivity index (χ0v) is 16.9. The summed E-state index contributed by atoms with van der Waals surface area (Å²) in [4.78, 5) is 5.61. The highest BCUT2D eigenvalue weighted by Gasteiger charge is 2.15. The van der Waals surface area contributed by atoms with Crippen LogP contribution in [0.5, 0.6) is 0 Å². The van der Waals surface area contributed by atoms with Crippen molar-refractivity contribution in [1.29, 1.82) is 0 Å². The topological polar surface area (TPSA) is 12.4 Å². The first-order valence-electron chi connectivity index (χ1n) is 8.88. The predicted molar refractivity (Wildman–Crippen MR) is 115 cm³/mol. The maximum Gasteiger partial charge on any atom is 0.136 e. The average Bonchev–Trinajstić information content (AvgIpc) is 3.14.